The summed E-state index contributed by atoms with van der Waals surface area (Å²) in [6.45, 7) is 8.19. The molecule has 2 heteroatoms. The van der Waals surface area contributed by atoms with Gasteiger partial charge < -0.3 is 9.53 Å². The molecule has 0 N–H and O–H groups in total. The first-order chi connectivity index (χ1) is 5.97. The molecule has 0 aromatic rings. The zero-order chi connectivity index (χ0) is 10.7. The van der Waals surface area contributed by atoms with Crippen LogP contribution in [0.4, 0.5) is 0 Å². The monoisotopic (exact) mass is 188 g/mol. The van der Waals surface area contributed by atoms with E-state index in [1.165, 1.54) is 12.8 Å². The SMILES string of the molecule is CCCCCC=O.COC(C)(C)C. The standard InChI is InChI=1S/C6H12O.C5H12O/c1-2-3-4-5-6-7;1-5(2,3)6-4/h6H,2-5H2,1H3;1-4H3. The number of carbonyl (C=O) groups excluding carboxylic acids is 1. The van der Waals surface area contributed by atoms with Crippen molar-refractivity contribution >= 4 is 6.29 Å². The van der Waals surface area contributed by atoms with E-state index in [4.69, 9.17) is 4.74 Å². The fraction of sp³-hybridized carbons (Fsp3) is 0.909. The molecule has 0 atom stereocenters. The number of rotatable bonds is 4. The molecule has 0 heterocycles. The summed E-state index contributed by atoms with van der Waals surface area (Å²) in [5.74, 6) is 0. The maximum Gasteiger partial charge on any atom is 0.119 e. The van der Waals surface area contributed by atoms with Crippen LogP contribution in [0.5, 0.6) is 0 Å². The minimum absolute atomic E-state index is 0.0417. The number of aldehydes is 1. The highest BCUT2D eigenvalue weighted by atomic mass is 16.5. The largest absolute Gasteiger partial charge is 0.379 e. The summed E-state index contributed by atoms with van der Waals surface area (Å²) in [6.07, 6.45) is 5.19. The van der Waals surface area contributed by atoms with E-state index in [9.17, 15) is 4.79 Å². The molecule has 0 bridgehead atoms. The summed E-state index contributed by atoms with van der Waals surface area (Å²) < 4.78 is 4.94. The summed E-state index contributed by atoms with van der Waals surface area (Å²) in [7, 11) is 1.71. The number of methoxy groups -OCH3 is 1. The van der Waals surface area contributed by atoms with Crippen LogP contribution in [0.1, 0.15) is 53.4 Å². The second-order valence-electron chi connectivity index (χ2n) is 3.98. The van der Waals surface area contributed by atoms with Gasteiger partial charge in [-0.2, -0.15) is 0 Å². The van der Waals surface area contributed by atoms with Crippen LogP contribution in [-0.4, -0.2) is 19.0 Å². The van der Waals surface area contributed by atoms with Crippen molar-refractivity contribution < 1.29 is 9.53 Å². The molecule has 0 rings (SSSR count). The smallest absolute Gasteiger partial charge is 0.119 e. The van der Waals surface area contributed by atoms with E-state index in [0.29, 0.717) is 0 Å². The molecule has 0 radical (unpaired) electrons. The topological polar surface area (TPSA) is 26.3 Å². The Hall–Kier alpha value is -0.370. The Kier molecular flexibility index (Phi) is 11.3. The fourth-order valence-electron chi connectivity index (χ4n) is 0.478. The number of unbranched alkanes of at least 4 members (excludes halogenated alkanes) is 3. The number of carbonyl (C=O) groups is 1. The Morgan fingerprint density at radius 3 is 1.92 bits per heavy atom. The highest BCUT2D eigenvalue weighted by Gasteiger charge is 2.03. The molecular weight excluding hydrogens is 164 g/mol. The Morgan fingerprint density at radius 2 is 1.69 bits per heavy atom. The Morgan fingerprint density at radius 1 is 1.23 bits per heavy atom. The van der Waals surface area contributed by atoms with Crippen molar-refractivity contribution in [1.82, 2.24) is 0 Å². The highest BCUT2D eigenvalue weighted by Crippen LogP contribution is 2.02. The van der Waals surface area contributed by atoms with Crippen molar-refractivity contribution in [3.8, 4) is 0 Å². The average Bonchev–Trinajstić information content (AvgIpc) is 2.06. The van der Waals surface area contributed by atoms with Gasteiger partial charge in [0.25, 0.3) is 0 Å². The third kappa shape index (κ3) is 24.5. The van der Waals surface area contributed by atoms with Crippen molar-refractivity contribution in [2.45, 2.75) is 59.0 Å². The van der Waals surface area contributed by atoms with Crippen LogP contribution < -0.4 is 0 Å². The van der Waals surface area contributed by atoms with Gasteiger partial charge in [0.05, 0.1) is 5.60 Å². The van der Waals surface area contributed by atoms with E-state index in [-0.39, 0.29) is 5.60 Å². The molecule has 13 heavy (non-hydrogen) atoms. The highest BCUT2D eigenvalue weighted by molar-refractivity contribution is 5.48. The third-order valence-corrected chi connectivity index (χ3v) is 1.54. The molecule has 0 aromatic heterocycles. The first-order valence-electron chi connectivity index (χ1n) is 4.96. The predicted octanol–water partition coefficient (Wildman–Crippen LogP) is 3.20. The Bertz CT molecular complexity index is 103. The van der Waals surface area contributed by atoms with Gasteiger partial charge in [0.1, 0.15) is 6.29 Å². The maximum atomic E-state index is 9.68. The van der Waals surface area contributed by atoms with E-state index >= 15 is 0 Å². The molecule has 0 spiro atoms. The second kappa shape index (κ2) is 9.72. The van der Waals surface area contributed by atoms with Crippen molar-refractivity contribution in [3.05, 3.63) is 0 Å². The van der Waals surface area contributed by atoms with E-state index in [0.717, 1.165) is 19.1 Å². The zero-order valence-electron chi connectivity index (χ0n) is 9.72. The molecule has 0 unspecified atom stereocenters. The summed E-state index contributed by atoms with van der Waals surface area (Å²) in [4.78, 5) is 9.68. The molecule has 0 saturated heterocycles. The predicted molar refractivity (Wildman–Crippen MR) is 57.0 cm³/mol. The summed E-state index contributed by atoms with van der Waals surface area (Å²) in [5, 5.41) is 0. The van der Waals surface area contributed by atoms with Crippen molar-refractivity contribution in [2.24, 2.45) is 0 Å². The van der Waals surface area contributed by atoms with Gasteiger partial charge in [0, 0.05) is 13.5 Å². The van der Waals surface area contributed by atoms with Crippen molar-refractivity contribution in [2.75, 3.05) is 7.11 Å². The summed E-state index contributed by atoms with van der Waals surface area (Å²) in [5.41, 5.74) is 0.0417. The summed E-state index contributed by atoms with van der Waals surface area (Å²) >= 11 is 0. The fourth-order valence-corrected chi connectivity index (χ4v) is 0.478. The molecule has 0 aliphatic carbocycles. The van der Waals surface area contributed by atoms with Crippen LogP contribution in [0.2, 0.25) is 0 Å². The second-order valence-corrected chi connectivity index (χ2v) is 3.98. The van der Waals surface area contributed by atoms with Crippen molar-refractivity contribution in [3.63, 3.8) is 0 Å². The molecule has 2 nitrogen and oxygen atoms in total. The molecule has 0 amide bonds. The van der Waals surface area contributed by atoms with Gasteiger partial charge in [0.2, 0.25) is 0 Å². The first-order valence-corrected chi connectivity index (χ1v) is 4.96. The van der Waals surface area contributed by atoms with Gasteiger partial charge in [-0.25, -0.2) is 0 Å². The normalized spacial score (nSPS) is 10.2. The quantitative estimate of drug-likeness (QED) is 0.500. The number of hydrogen-bond acceptors (Lipinski definition) is 2. The summed E-state index contributed by atoms with van der Waals surface area (Å²) in [6, 6.07) is 0. The van der Waals surface area contributed by atoms with Gasteiger partial charge in [-0.05, 0) is 27.2 Å². The van der Waals surface area contributed by atoms with E-state index in [1.807, 2.05) is 20.8 Å². The van der Waals surface area contributed by atoms with Gasteiger partial charge >= 0.3 is 0 Å². The van der Waals surface area contributed by atoms with Gasteiger partial charge in [-0.1, -0.05) is 19.8 Å². The maximum absolute atomic E-state index is 9.68. The van der Waals surface area contributed by atoms with Crippen LogP contribution in [-0.2, 0) is 9.53 Å². The zero-order valence-corrected chi connectivity index (χ0v) is 9.72. The molecule has 0 fully saturated rings. The van der Waals surface area contributed by atoms with E-state index in [1.54, 1.807) is 7.11 Å². The van der Waals surface area contributed by atoms with Crippen LogP contribution in [0.25, 0.3) is 0 Å². The Labute approximate surface area is 82.7 Å². The van der Waals surface area contributed by atoms with E-state index in [2.05, 4.69) is 6.92 Å². The minimum Gasteiger partial charge on any atom is -0.379 e. The lowest BCUT2D eigenvalue weighted by Crippen LogP contribution is -2.15. The lowest BCUT2D eigenvalue weighted by Gasteiger charge is -2.14. The lowest BCUT2D eigenvalue weighted by atomic mass is 10.2. The average molecular weight is 188 g/mol. The minimum atomic E-state index is 0.0417. The molecular formula is C11H24O2. The van der Waals surface area contributed by atoms with Gasteiger partial charge in [-0.15, -0.1) is 0 Å². The lowest BCUT2D eigenvalue weighted by molar-refractivity contribution is -0.107. The van der Waals surface area contributed by atoms with Crippen LogP contribution in [0, 0.1) is 0 Å². The molecule has 0 aliphatic heterocycles. The number of ether oxygens (including phenoxy) is 1. The number of hydrogen-bond donors (Lipinski definition) is 0. The van der Waals surface area contributed by atoms with Gasteiger partial charge in [0.15, 0.2) is 0 Å². The third-order valence-electron chi connectivity index (χ3n) is 1.54. The molecule has 0 aliphatic rings. The van der Waals surface area contributed by atoms with Crippen molar-refractivity contribution in [1.29, 1.82) is 0 Å². The van der Waals surface area contributed by atoms with Crippen LogP contribution in [0.3, 0.4) is 0 Å². The molecule has 80 valence electrons. The first kappa shape index (κ1) is 15.1. The molecule has 0 saturated carbocycles. The van der Waals surface area contributed by atoms with Gasteiger partial charge in [-0.3, -0.25) is 0 Å². The van der Waals surface area contributed by atoms with Crippen LogP contribution >= 0.6 is 0 Å². The Balaban J connectivity index is 0. The van der Waals surface area contributed by atoms with E-state index < -0.39 is 0 Å². The van der Waals surface area contributed by atoms with Crippen LogP contribution in [0.15, 0.2) is 0 Å². The molecule has 0 aromatic carbocycles.